The van der Waals surface area contributed by atoms with Crippen molar-refractivity contribution >= 4 is 85.4 Å². The number of nitrogens with zero attached hydrogens (tertiary/aromatic N) is 2. The first kappa shape index (κ1) is 41.0. The Labute approximate surface area is 364 Å². The summed E-state index contributed by atoms with van der Waals surface area (Å²) in [5.74, 6) is 0. The molecular formula is C56H52N2OSi2. The van der Waals surface area contributed by atoms with Crippen molar-refractivity contribution < 1.29 is 4.12 Å². The van der Waals surface area contributed by atoms with Crippen LogP contribution in [0.5, 0.6) is 0 Å². The number of hydrogen-bond donors (Lipinski definition) is 0. The van der Waals surface area contributed by atoms with Gasteiger partial charge in [0.15, 0.2) is 0 Å². The van der Waals surface area contributed by atoms with Crippen LogP contribution in [0.25, 0.3) is 24.3 Å². The van der Waals surface area contributed by atoms with E-state index in [4.69, 9.17) is 4.12 Å². The molecule has 0 bridgehead atoms. The maximum Gasteiger partial charge on any atom is 0.206 e. The second kappa shape index (κ2) is 18.7. The Balaban J connectivity index is 0.887. The highest BCUT2D eigenvalue weighted by atomic mass is 28.4. The largest absolute Gasteiger partial charge is 0.449 e. The molecule has 0 aliphatic rings. The van der Waals surface area contributed by atoms with Gasteiger partial charge in [-0.1, -0.05) is 170 Å². The van der Waals surface area contributed by atoms with Crippen LogP contribution in [-0.2, 0) is 4.12 Å². The van der Waals surface area contributed by atoms with Crippen LogP contribution in [0, 0.1) is 0 Å². The van der Waals surface area contributed by atoms with Crippen LogP contribution in [0.4, 0.5) is 34.1 Å². The highest BCUT2D eigenvalue weighted by molar-refractivity contribution is 6.96. The predicted octanol–water partition coefficient (Wildman–Crippen LogP) is 14.5. The lowest BCUT2D eigenvalue weighted by Crippen LogP contribution is -2.57. The quantitative estimate of drug-likeness (QED) is 0.0802. The Morgan fingerprint density at radius 3 is 0.738 bits per heavy atom. The van der Waals surface area contributed by atoms with Crippen molar-refractivity contribution in [3.63, 3.8) is 0 Å². The Kier molecular flexibility index (Phi) is 12.5. The van der Waals surface area contributed by atoms with Gasteiger partial charge in [0.25, 0.3) is 0 Å². The average molecular weight is 825 g/mol. The molecule has 0 amide bonds. The minimum Gasteiger partial charge on any atom is -0.449 e. The molecule has 0 unspecified atom stereocenters. The van der Waals surface area contributed by atoms with Gasteiger partial charge in [0.05, 0.1) is 0 Å². The van der Waals surface area contributed by atoms with Gasteiger partial charge < -0.3 is 13.9 Å². The van der Waals surface area contributed by atoms with Gasteiger partial charge >= 0.3 is 0 Å². The zero-order chi connectivity index (χ0) is 42.1. The third-order valence-electron chi connectivity index (χ3n) is 11.0. The minimum atomic E-state index is -2.19. The molecule has 8 aromatic rings. The fourth-order valence-corrected chi connectivity index (χ4v) is 15.8. The lowest BCUT2D eigenvalue weighted by atomic mass is 10.1. The zero-order valence-corrected chi connectivity index (χ0v) is 37.4. The topological polar surface area (TPSA) is 15.7 Å². The van der Waals surface area contributed by atoms with Crippen LogP contribution in [0.2, 0.25) is 26.2 Å². The van der Waals surface area contributed by atoms with Crippen molar-refractivity contribution in [3.05, 3.63) is 241 Å². The lowest BCUT2D eigenvalue weighted by molar-refractivity contribution is 0.573. The second-order valence-corrected chi connectivity index (χ2v) is 24.2. The summed E-state index contributed by atoms with van der Waals surface area (Å²) in [6, 6.07) is 77.5. The van der Waals surface area contributed by atoms with E-state index >= 15 is 0 Å². The van der Waals surface area contributed by atoms with Crippen LogP contribution in [0.1, 0.15) is 22.3 Å². The van der Waals surface area contributed by atoms with Crippen molar-refractivity contribution in [1.29, 1.82) is 0 Å². The van der Waals surface area contributed by atoms with Gasteiger partial charge in [-0.25, -0.2) is 0 Å². The van der Waals surface area contributed by atoms with E-state index in [9.17, 15) is 0 Å². The molecule has 8 aromatic carbocycles. The molecule has 0 radical (unpaired) electrons. The van der Waals surface area contributed by atoms with Crippen LogP contribution in [0.15, 0.2) is 218 Å². The third-order valence-corrected chi connectivity index (χ3v) is 18.5. The number of benzene rings is 8. The summed E-state index contributed by atoms with van der Waals surface area (Å²) in [7, 11) is -4.39. The van der Waals surface area contributed by atoms with Gasteiger partial charge in [0.2, 0.25) is 16.6 Å². The van der Waals surface area contributed by atoms with Gasteiger partial charge in [0.1, 0.15) is 0 Å². The Hall–Kier alpha value is -6.77. The van der Waals surface area contributed by atoms with Crippen molar-refractivity contribution in [2.24, 2.45) is 0 Å². The normalized spacial score (nSPS) is 11.9. The summed E-state index contributed by atoms with van der Waals surface area (Å²) in [6.45, 7) is 9.29. The number of rotatable bonds is 14. The molecule has 0 fully saturated rings. The molecule has 61 heavy (non-hydrogen) atoms. The van der Waals surface area contributed by atoms with Crippen molar-refractivity contribution in [2.75, 3.05) is 9.80 Å². The molecule has 5 heteroatoms. The number of hydrogen-bond acceptors (Lipinski definition) is 3. The fourth-order valence-electron chi connectivity index (χ4n) is 7.80. The van der Waals surface area contributed by atoms with E-state index < -0.39 is 16.6 Å². The Morgan fingerprint density at radius 1 is 0.279 bits per heavy atom. The average Bonchev–Trinajstić information content (AvgIpc) is 3.30. The van der Waals surface area contributed by atoms with Gasteiger partial charge in [-0.05, 0) is 132 Å². The van der Waals surface area contributed by atoms with Crippen molar-refractivity contribution in [1.82, 2.24) is 0 Å². The van der Waals surface area contributed by atoms with Crippen molar-refractivity contribution in [3.8, 4) is 0 Å². The van der Waals surface area contributed by atoms with E-state index in [1.54, 1.807) is 0 Å². The first-order valence-corrected chi connectivity index (χ1v) is 26.8. The summed E-state index contributed by atoms with van der Waals surface area (Å²) in [5.41, 5.74) is 11.4. The highest BCUT2D eigenvalue weighted by Crippen LogP contribution is 2.35. The van der Waals surface area contributed by atoms with E-state index in [-0.39, 0.29) is 0 Å². The second-order valence-electron chi connectivity index (χ2n) is 16.2. The smallest absolute Gasteiger partial charge is 0.206 e. The summed E-state index contributed by atoms with van der Waals surface area (Å²) in [5, 5.41) is 2.61. The first-order chi connectivity index (χ1) is 29.7. The Morgan fingerprint density at radius 2 is 0.492 bits per heavy atom. The van der Waals surface area contributed by atoms with Gasteiger partial charge in [-0.15, -0.1) is 0 Å². The maximum absolute atomic E-state index is 7.16. The SMILES string of the molecule is C[Si](C)(O[Si](C)(C)c1ccc(C=Cc2ccc(N(c3ccccc3)c3ccccc3)cc2)cc1)c1ccc(C=Cc2ccc(N(c3ccccc3)c3ccccc3)cc2)cc1. The Bertz CT molecular complexity index is 2390. The van der Waals surface area contributed by atoms with Gasteiger partial charge in [-0.2, -0.15) is 0 Å². The van der Waals surface area contributed by atoms with Crippen LogP contribution in [-0.4, -0.2) is 16.6 Å². The monoisotopic (exact) mass is 824 g/mol. The molecule has 0 aromatic heterocycles. The number of anilines is 6. The fraction of sp³-hybridized carbons (Fsp3) is 0.0714. The summed E-state index contributed by atoms with van der Waals surface area (Å²) in [4.78, 5) is 4.57. The van der Waals surface area contributed by atoms with Gasteiger partial charge in [-0.3, -0.25) is 0 Å². The molecule has 8 rings (SSSR count). The molecule has 300 valence electrons. The molecule has 0 atom stereocenters. The molecule has 0 saturated heterocycles. The van der Waals surface area contributed by atoms with Crippen molar-refractivity contribution in [2.45, 2.75) is 26.2 Å². The molecule has 0 aliphatic carbocycles. The van der Waals surface area contributed by atoms with Crippen LogP contribution in [0.3, 0.4) is 0 Å². The third kappa shape index (κ3) is 10.2. The lowest BCUT2D eigenvalue weighted by Gasteiger charge is -2.34. The first-order valence-electron chi connectivity index (χ1n) is 21.0. The summed E-state index contributed by atoms with van der Waals surface area (Å²) >= 11 is 0. The number of para-hydroxylation sites is 4. The zero-order valence-electron chi connectivity index (χ0n) is 35.4. The highest BCUT2D eigenvalue weighted by Gasteiger charge is 2.36. The van der Waals surface area contributed by atoms with E-state index in [1.165, 1.54) is 21.5 Å². The molecule has 0 N–H and O–H groups in total. The molecule has 3 nitrogen and oxygen atoms in total. The van der Waals surface area contributed by atoms with E-state index in [1.807, 2.05) is 0 Å². The maximum atomic E-state index is 7.16. The molecular weight excluding hydrogens is 773 g/mol. The molecule has 0 heterocycles. The molecule has 0 saturated carbocycles. The van der Waals surface area contributed by atoms with Gasteiger partial charge in [0, 0.05) is 34.1 Å². The van der Waals surface area contributed by atoms with E-state index in [2.05, 4.69) is 279 Å². The standard InChI is InChI=1S/C56H52N2OSi2/c1-60(2,55-41-33-47(34-42-55)27-25-45-29-37-53(38-30-45)57(49-17-9-5-10-18-49)50-19-11-6-12-20-50)59-61(3,4)56-43-35-48(36-44-56)28-26-46-31-39-54(40-32-46)58(51-21-13-7-14-22-51)52-23-15-8-16-24-52/h5-44H,1-4H3. The van der Waals surface area contributed by atoms with Crippen LogP contribution >= 0.6 is 0 Å². The molecule has 0 spiro atoms. The minimum absolute atomic E-state index is 1.12. The summed E-state index contributed by atoms with van der Waals surface area (Å²) < 4.78 is 7.16. The van der Waals surface area contributed by atoms with E-state index in [0.717, 1.165) is 45.3 Å². The predicted molar refractivity (Wildman–Crippen MR) is 268 cm³/mol. The van der Waals surface area contributed by atoms with E-state index in [0.29, 0.717) is 0 Å². The molecule has 0 aliphatic heterocycles. The van der Waals surface area contributed by atoms with Crippen LogP contribution < -0.4 is 20.2 Å². The summed E-state index contributed by atoms with van der Waals surface area (Å²) in [6.07, 6.45) is 8.75.